The van der Waals surface area contributed by atoms with E-state index >= 15 is 0 Å². The van der Waals surface area contributed by atoms with E-state index < -0.39 is 10.0 Å². The Hall–Kier alpha value is -1.05. The molecule has 0 aliphatic rings. The van der Waals surface area contributed by atoms with Crippen LogP contribution in [-0.4, -0.2) is 12.6 Å². The topological polar surface area (TPSA) is 89.6 Å². The molecule has 0 amide bonds. The molecule has 0 aromatic heterocycles. The van der Waals surface area contributed by atoms with Crippen molar-refractivity contribution in [1.29, 1.82) is 0 Å². The molecule has 7 heteroatoms. The van der Waals surface area contributed by atoms with Crippen LogP contribution in [0.1, 0.15) is 0 Å². The monoisotopic (exact) mass is 218 g/mol. The lowest BCUT2D eigenvalue weighted by Gasteiger charge is -1.96. The average molecular weight is 218 g/mol. The van der Waals surface area contributed by atoms with Crippen molar-refractivity contribution >= 4 is 27.2 Å². The van der Waals surface area contributed by atoms with Gasteiger partial charge in [-0.25, -0.2) is 13.6 Å². The molecule has 0 saturated heterocycles. The normalized spacial score (nSPS) is 10.8. The molecule has 1 aromatic carbocycles. The fraction of sp³-hybridized carbons (Fsp3) is 0. The quantitative estimate of drug-likeness (QED) is 0.777. The molecular formula is C6H6N2O3S2. The van der Waals surface area contributed by atoms with Gasteiger partial charge in [-0.2, -0.15) is 8.57 Å². The number of rotatable bonds is 2. The molecule has 0 bridgehead atoms. The molecule has 0 saturated carbocycles. The first-order valence-corrected chi connectivity index (χ1v) is 5.41. The van der Waals surface area contributed by atoms with Crippen LogP contribution in [-0.2, 0) is 21.5 Å². The highest BCUT2D eigenvalue weighted by Crippen LogP contribution is 2.16. The molecule has 0 aliphatic carbocycles. The van der Waals surface area contributed by atoms with E-state index in [0.29, 0.717) is 0 Å². The SMILES string of the molecule is NS(=O)(=O)c1cccc(N=S=O)c1. The van der Waals surface area contributed by atoms with Crippen molar-refractivity contribution in [1.82, 2.24) is 0 Å². The number of sulfonamides is 1. The van der Waals surface area contributed by atoms with Crippen molar-refractivity contribution in [2.45, 2.75) is 4.90 Å². The molecule has 2 N–H and O–H groups in total. The second kappa shape index (κ2) is 3.77. The van der Waals surface area contributed by atoms with Gasteiger partial charge in [-0.05, 0) is 18.2 Å². The summed E-state index contributed by atoms with van der Waals surface area (Å²) in [4.78, 5) is -0.0530. The van der Waals surface area contributed by atoms with Gasteiger partial charge in [0.05, 0.1) is 10.6 Å². The van der Waals surface area contributed by atoms with Gasteiger partial charge in [0, 0.05) is 0 Å². The summed E-state index contributed by atoms with van der Waals surface area (Å²) in [5.74, 6) is 0. The molecule has 70 valence electrons. The summed E-state index contributed by atoms with van der Waals surface area (Å²) in [5.41, 5.74) is 0.284. The molecule has 0 fully saturated rings. The van der Waals surface area contributed by atoms with Gasteiger partial charge in [-0.15, -0.1) is 0 Å². The summed E-state index contributed by atoms with van der Waals surface area (Å²) in [6.45, 7) is 0. The van der Waals surface area contributed by atoms with Crippen LogP contribution in [0.5, 0.6) is 0 Å². The van der Waals surface area contributed by atoms with E-state index in [0.717, 1.165) is 0 Å². The van der Waals surface area contributed by atoms with Crippen LogP contribution in [0.3, 0.4) is 0 Å². The third-order valence-corrected chi connectivity index (χ3v) is 2.49. The highest BCUT2D eigenvalue weighted by Gasteiger charge is 2.06. The van der Waals surface area contributed by atoms with Gasteiger partial charge in [-0.3, -0.25) is 0 Å². The number of nitrogens with two attached hydrogens (primary N) is 1. The van der Waals surface area contributed by atoms with Crippen LogP contribution in [0.2, 0.25) is 0 Å². The van der Waals surface area contributed by atoms with E-state index in [4.69, 9.17) is 5.14 Å². The number of hydrogen-bond acceptors (Lipinski definition) is 4. The zero-order chi connectivity index (χ0) is 9.90. The third-order valence-electron chi connectivity index (χ3n) is 1.29. The van der Waals surface area contributed by atoms with Crippen molar-refractivity contribution in [3.8, 4) is 0 Å². The van der Waals surface area contributed by atoms with Crippen molar-refractivity contribution in [2.75, 3.05) is 0 Å². The number of hydrogen-bond donors (Lipinski definition) is 1. The maximum Gasteiger partial charge on any atom is 0.238 e. The van der Waals surface area contributed by atoms with Crippen LogP contribution < -0.4 is 5.14 Å². The Balaban J connectivity index is 3.28. The maximum absolute atomic E-state index is 10.8. The van der Waals surface area contributed by atoms with E-state index in [9.17, 15) is 12.6 Å². The predicted molar refractivity (Wildman–Crippen MR) is 48.0 cm³/mol. The van der Waals surface area contributed by atoms with E-state index in [-0.39, 0.29) is 22.0 Å². The van der Waals surface area contributed by atoms with E-state index in [2.05, 4.69) is 4.36 Å². The minimum absolute atomic E-state index is 0.0134. The lowest BCUT2D eigenvalue weighted by molar-refractivity contribution is 0.598. The third kappa shape index (κ3) is 2.72. The summed E-state index contributed by atoms with van der Waals surface area (Å²) in [5, 5.41) is 4.87. The first kappa shape index (κ1) is 10.0. The second-order valence-corrected chi connectivity index (χ2v) is 4.10. The Labute approximate surface area is 78.9 Å². The summed E-state index contributed by atoms with van der Waals surface area (Å²) in [6.07, 6.45) is 0. The highest BCUT2D eigenvalue weighted by molar-refractivity contribution is 7.89. The summed E-state index contributed by atoms with van der Waals surface area (Å²) in [6, 6.07) is 5.55. The molecule has 0 radical (unpaired) electrons. The molecule has 1 rings (SSSR count). The van der Waals surface area contributed by atoms with Gasteiger partial charge < -0.3 is 0 Å². The molecule has 0 aliphatic heterocycles. The van der Waals surface area contributed by atoms with Crippen LogP contribution in [0, 0.1) is 0 Å². The summed E-state index contributed by atoms with van der Waals surface area (Å²) < 4.78 is 35.1. The Bertz CT molecular complexity index is 463. The van der Waals surface area contributed by atoms with Gasteiger partial charge in [0.25, 0.3) is 0 Å². The molecule has 1 aromatic rings. The Morgan fingerprint density at radius 2 is 2.08 bits per heavy atom. The highest BCUT2D eigenvalue weighted by atomic mass is 32.2. The van der Waals surface area contributed by atoms with Crippen molar-refractivity contribution < 1.29 is 12.6 Å². The minimum atomic E-state index is -3.71. The fourth-order valence-corrected chi connectivity index (χ4v) is 1.51. The first-order valence-electron chi connectivity index (χ1n) is 3.17. The second-order valence-electron chi connectivity index (χ2n) is 2.21. The lowest BCUT2D eigenvalue weighted by Crippen LogP contribution is -2.11. The predicted octanol–water partition coefficient (Wildman–Crippen LogP) is 0.362. The van der Waals surface area contributed by atoms with Crippen LogP contribution in [0.25, 0.3) is 0 Å². The molecule has 0 atom stereocenters. The Kier molecular flexibility index (Phi) is 2.91. The number of primary sulfonamides is 1. The van der Waals surface area contributed by atoms with Crippen LogP contribution in [0.15, 0.2) is 33.5 Å². The fourth-order valence-electron chi connectivity index (χ4n) is 0.760. The zero-order valence-corrected chi connectivity index (χ0v) is 8.01. The van der Waals surface area contributed by atoms with Crippen molar-refractivity contribution in [3.05, 3.63) is 24.3 Å². The smallest absolute Gasteiger partial charge is 0.225 e. The number of nitrogens with zero attached hydrogens (tertiary/aromatic N) is 1. The van der Waals surface area contributed by atoms with Crippen LogP contribution >= 0.6 is 0 Å². The Morgan fingerprint density at radius 3 is 2.62 bits per heavy atom. The average Bonchev–Trinajstić information content (AvgIpc) is 2.04. The molecule has 5 nitrogen and oxygen atoms in total. The number of benzene rings is 1. The molecule has 0 unspecified atom stereocenters. The maximum atomic E-state index is 10.8. The molecule has 0 spiro atoms. The van der Waals surface area contributed by atoms with Crippen molar-refractivity contribution in [2.24, 2.45) is 9.50 Å². The van der Waals surface area contributed by atoms with E-state index in [1.165, 1.54) is 24.3 Å². The minimum Gasteiger partial charge on any atom is -0.225 e. The first-order chi connectivity index (χ1) is 6.04. The van der Waals surface area contributed by atoms with Gasteiger partial charge in [0.1, 0.15) is 0 Å². The zero-order valence-electron chi connectivity index (χ0n) is 6.38. The van der Waals surface area contributed by atoms with Crippen LogP contribution in [0.4, 0.5) is 5.69 Å². The van der Waals surface area contributed by atoms with Gasteiger partial charge in [0.15, 0.2) is 0 Å². The van der Waals surface area contributed by atoms with Gasteiger partial charge in [0.2, 0.25) is 21.5 Å². The van der Waals surface area contributed by atoms with Crippen molar-refractivity contribution in [3.63, 3.8) is 0 Å². The molecular weight excluding hydrogens is 212 g/mol. The Morgan fingerprint density at radius 1 is 1.38 bits per heavy atom. The van der Waals surface area contributed by atoms with Gasteiger partial charge in [-0.1, -0.05) is 6.07 Å². The van der Waals surface area contributed by atoms with E-state index in [1.807, 2.05) is 0 Å². The van der Waals surface area contributed by atoms with Gasteiger partial charge >= 0.3 is 0 Å². The summed E-state index contributed by atoms with van der Waals surface area (Å²) in [7, 11) is -3.71. The van der Waals surface area contributed by atoms with E-state index in [1.54, 1.807) is 0 Å². The largest absolute Gasteiger partial charge is 0.238 e. The lowest BCUT2D eigenvalue weighted by atomic mass is 10.3. The molecule has 13 heavy (non-hydrogen) atoms. The standard InChI is InChI=1S/C6H6N2O3S2/c7-13(10,11)6-3-1-2-5(4-6)8-12-9/h1-4H,(H2,7,10,11). The molecule has 0 heterocycles. The summed E-state index contributed by atoms with van der Waals surface area (Å²) >= 11 is 0.0134.